The van der Waals surface area contributed by atoms with E-state index in [-0.39, 0.29) is 19.6 Å². The summed E-state index contributed by atoms with van der Waals surface area (Å²) < 4.78 is 36.8. The highest BCUT2D eigenvalue weighted by atomic mass is 19.4. The van der Waals surface area contributed by atoms with Gasteiger partial charge in [-0.05, 0) is 19.4 Å². The fourth-order valence-electron chi connectivity index (χ4n) is 1.67. The van der Waals surface area contributed by atoms with Gasteiger partial charge in [0.25, 0.3) is 0 Å². The van der Waals surface area contributed by atoms with Gasteiger partial charge >= 0.3 is 6.18 Å². The Labute approximate surface area is 75.3 Å². The van der Waals surface area contributed by atoms with Crippen LogP contribution in [0.15, 0.2) is 0 Å². The van der Waals surface area contributed by atoms with E-state index < -0.39 is 12.1 Å². The Kier molecular flexibility index (Phi) is 3.55. The third-order valence-electron chi connectivity index (χ3n) is 2.38. The first-order valence-electron chi connectivity index (χ1n) is 4.44. The molecular weight excluding hydrogens is 183 g/mol. The third kappa shape index (κ3) is 3.15. The summed E-state index contributed by atoms with van der Waals surface area (Å²) in [5.41, 5.74) is 0. The first-order chi connectivity index (χ1) is 6.04. The number of piperidine rings is 1. The Morgan fingerprint density at radius 2 is 2.08 bits per heavy atom. The standard InChI is InChI=1S/C8H14F3NO/c9-8(10,11)7-2-1-3-12(6-7)4-5-13/h7,13H,1-6H2. The summed E-state index contributed by atoms with van der Waals surface area (Å²) in [6.07, 6.45) is -3.27. The van der Waals surface area contributed by atoms with Crippen LogP contribution in [0.25, 0.3) is 0 Å². The number of hydrogen-bond donors (Lipinski definition) is 1. The second-order valence-corrected chi connectivity index (χ2v) is 3.40. The molecule has 0 saturated carbocycles. The van der Waals surface area contributed by atoms with Crippen molar-refractivity contribution in [1.29, 1.82) is 0 Å². The molecule has 1 heterocycles. The van der Waals surface area contributed by atoms with Crippen LogP contribution in [-0.4, -0.2) is 42.4 Å². The number of rotatable bonds is 2. The number of aliphatic hydroxyl groups excluding tert-OH is 1. The number of alkyl halides is 3. The summed E-state index contributed by atoms with van der Waals surface area (Å²) in [5.74, 6) is -1.20. The molecule has 0 aliphatic carbocycles. The summed E-state index contributed by atoms with van der Waals surface area (Å²) in [5, 5.41) is 8.58. The first-order valence-corrected chi connectivity index (χ1v) is 4.44. The molecule has 1 aliphatic heterocycles. The molecule has 2 nitrogen and oxygen atoms in total. The normalized spacial score (nSPS) is 26.3. The van der Waals surface area contributed by atoms with E-state index in [0.29, 0.717) is 19.5 Å². The molecular formula is C8H14F3NO. The summed E-state index contributed by atoms with van der Waals surface area (Å²) in [4.78, 5) is 1.67. The molecule has 0 aromatic carbocycles. The van der Waals surface area contributed by atoms with Crippen LogP contribution in [-0.2, 0) is 0 Å². The van der Waals surface area contributed by atoms with Gasteiger partial charge in [-0.1, -0.05) is 0 Å². The molecule has 0 amide bonds. The maximum absolute atomic E-state index is 12.3. The van der Waals surface area contributed by atoms with Gasteiger partial charge in [-0.2, -0.15) is 13.2 Å². The molecule has 1 fully saturated rings. The van der Waals surface area contributed by atoms with Crippen molar-refractivity contribution in [2.75, 3.05) is 26.2 Å². The summed E-state index contributed by atoms with van der Waals surface area (Å²) in [6, 6.07) is 0. The van der Waals surface area contributed by atoms with Gasteiger partial charge in [-0.15, -0.1) is 0 Å². The van der Waals surface area contributed by atoms with Crippen LogP contribution in [0.5, 0.6) is 0 Å². The topological polar surface area (TPSA) is 23.5 Å². The lowest BCUT2D eigenvalue weighted by molar-refractivity contribution is -0.186. The van der Waals surface area contributed by atoms with Gasteiger partial charge in [0.05, 0.1) is 12.5 Å². The van der Waals surface area contributed by atoms with Crippen molar-refractivity contribution in [1.82, 2.24) is 4.90 Å². The van der Waals surface area contributed by atoms with Gasteiger partial charge in [-0.3, -0.25) is 0 Å². The Morgan fingerprint density at radius 3 is 2.62 bits per heavy atom. The Bertz CT molecular complexity index is 158. The van der Waals surface area contributed by atoms with Crippen molar-refractivity contribution in [3.05, 3.63) is 0 Å². The summed E-state index contributed by atoms with van der Waals surface area (Å²) >= 11 is 0. The van der Waals surface area contributed by atoms with E-state index >= 15 is 0 Å². The van der Waals surface area contributed by atoms with Crippen molar-refractivity contribution >= 4 is 0 Å². The quantitative estimate of drug-likeness (QED) is 0.720. The molecule has 1 rings (SSSR count). The summed E-state index contributed by atoms with van der Waals surface area (Å²) in [7, 11) is 0. The lowest BCUT2D eigenvalue weighted by Crippen LogP contribution is -2.42. The predicted molar refractivity (Wildman–Crippen MR) is 42.3 cm³/mol. The van der Waals surface area contributed by atoms with E-state index in [9.17, 15) is 13.2 Å². The molecule has 0 aromatic heterocycles. The Balaban J connectivity index is 2.42. The lowest BCUT2D eigenvalue weighted by atomic mass is 9.98. The fourth-order valence-corrected chi connectivity index (χ4v) is 1.67. The molecule has 5 heteroatoms. The first kappa shape index (κ1) is 10.8. The molecule has 0 bridgehead atoms. The molecule has 1 saturated heterocycles. The number of aliphatic hydroxyl groups is 1. The molecule has 1 atom stereocenters. The van der Waals surface area contributed by atoms with Gasteiger partial charge in [-0.25, -0.2) is 0 Å². The van der Waals surface area contributed by atoms with Gasteiger partial charge < -0.3 is 10.0 Å². The van der Waals surface area contributed by atoms with E-state index in [1.807, 2.05) is 0 Å². The minimum absolute atomic E-state index is 0.0457. The minimum atomic E-state index is -4.08. The zero-order chi connectivity index (χ0) is 9.90. The summed E-state index contributed by atoms with van der Waals surface area (Å²) in [6.45, 7) is 1.01. The zero-order valence-electron chi connectivity index (χ0n) is 7.35. The van der Waals surface area contributed by atoms with Crippen LogP contribution in [0, 0.1) is 5.92 Å². The van der Waals surface area contributed by atoms with Crippen LogP contribution >= 0.6 is 0 Å². The van der Waals surface area contributed by atoms with E-state index in [1.54, 1.807) is 4.90 Å². The number of β-amino-alcohol motifs (C(OH)–C–C–N with tert-alkyl or cyclic N) is 1. The van der Waals surface area contributed by atoms with E-state index in [0.717, 1.165) is 0 Å². The van der Waals surface area contributed by atoms with E-state index in [2.05, 4.69) is 0 Å². The van der Waals surface area contributed by atoms with Crippen molar-refractivity contribution in [3.8, 4) is 0 Å². The highest BCUT2D eigenvalue weighted by Crippen LogP contribution is 2.32. The van der Waals surface area contributed by atoms with Gasteiger partial charge in [0.1, 0.15) is 0 Å². The van der Waals surface area contributed by atoms with Gasteiger partial charge in [0, 0.05) is 13.1 Å². The van der Waals surface area contributed by atoms with Crippen molar-refractivity contribution in [3.63, 3.8) is 0 Å². The van der Waals surface area contributed by atoms with Crippen molar-refractivity contribution in [2.45, 2.75) is 19.0 Å². The molecule has 1 N–H and O–H groups in total. The number of likely N-dealkylation sites (tertiary alicyclic amines) is 1. The van der Waals surface area contributed by atoms with E-state index in [1.165, 1.54) is 0 Å². The lowest BCUT2D eigenvalue weighted by Gasteiger charge is -2.33. The van der Waals surface area contributed by atoms with Gasteiger partial charge in [0.15, 0.2) is 0 Å². The second kappa shape index (κ2) is 4.28. The molecule has 0 spiro atoms. The molecule has 13 heavy (non-hydrogen) atoms. The molecule has 78 valence electrons. The Hall–Kier alpha value is -0.290. The van der Waals surface area contributed by atoms with E-state index in [4.69, 9.17) is 5.11 Å². The number of nitrogens with zero attached hydrogens (tertiary/aromatic N) is 1. The molecule has 0 aromatic rings. The van der Waals surface area contributed by atoms with Crippen molar-refractivity contribution in [2.24, 2.45) is 5.92 Å². The molecule has 1 unspecified atom stereocenters. The average molecular weight is 197 g/mol. The largest absolute Gasteiger partial charge is 0.395 e. The maximum atomic E-state index is 12.3. The number of hydrogen-bond acceptors (Lipinski definition) is 2. The number of halogens is 3. The van der Waals surface area contributed by atoms with Crippen LogP contribution in [0.3, 0.4) is 0 Å². The van der Waals surface area contributed by atoms with Crippen molar-refractivity contribution < 1.29 is 18.3 Å². The SMILES string of the molecule is OCCN1CCCC(C(F)(F)F)C1. The smallest absolute Gasteiger partial charge is 0.393 e. The highest BCUT2D eigenvalue weighted by molar-refractivity contribution is 4.77. The van der Waals surface area contributed by atoms with Crippen LogP contribution in [0.4, 0.5) is 13.2 Å². The second-order valence-electron chi connectivity index (χ2n) is 3.40. The van der Waals surface area contributed by atoms with Crippen LogP contribution in [0.2, 0.25) is 0 Å². The zero-order valence-corrected chi connectivity index (χ0v) is 7.35. The third-order valence-corrected chi connectivity index (χ3v) is 2.38. The van der Waals surface area contributed by atoms with Crippen LogP contribution < -0.4 is 0 Å². The molecule has 0 radical (unpaired) electrons. The van der Waals surface area contributed by atoms with Crippen LogP contribution in [0.1, 0.15) is 12.8 Å². The average Bonchev–Trinajstić information content (AvgIpc) is 2.04. The monoisotopic (exact) mass is 197 g/mol. The highest BCUT2D eigenvalue weighted by Gasteiger charge is 2.41. The fraction of sp³-hybridized carbons (Fsp3) is 1.00. The van der Waals surface area contributed by atoms with Gasteiger partial charge in [0.2, 0.25) is 0 Å². The minimum Gasteiger partial charge on any atom is -0.395 e. The maximum Gasteiger partial charge on any atom is 0.393 e. The molecule has 1 aliphatic rings. The Morgan fingerprint density at radius 1 is 1.38 bits per heavy atom. The predicted octanol–water partition coefficient (Wildman–Crippen LogP) is 1.25.